The van der Waals surface area contributed by atoms with Gasteiger partial charge in [-0.15, -0.1) is 0 Å². The number of hydrogen-bond acceptors (Lipinski definition) is 0. The third-order valence-corrected chi connectivity index (χ3v) is 2.94. The molecule has 44 valence electrons. The molecule has 0 aliphatic heterocycles. The summed E-state index contributed by atoms with van der Waals surface area (Å²) < 4.78 is 22.3. The molecule has 2 rings (SSSR count). The average molecular weight is 130 g/mol. The van der Waals surface area contributed by atoms with Crippen LogP contribution < -0.4 is 0 Å². The molecule has 0 radical (unpaired) electrons. The lowest BCUT2D eigenvalue weighted by Crippen LogP contribution is -1.97. The summed E-state index contributed by atoms with van der Waals surface area (Å²) in [5.74, 6) is 1.03. The van der Waals surface area contributed by atoms with Crippen molar-refractivity contribution in [1.29, 1.82) is 3.70 Å². The van der Waals surface area contributed by atoms with Gasteiger partial charge in [0.2, 0.25) is 0 Å². The quantitative estimate of drug-likeness (QED) is 0.363. The van der Waals surface area contributed by atoms with Crippen molar-refractivity contribution < 1.29 is 0 Å². The lowest BCUT2D eigenvalue weighted by molar-refractivity contribution is 0.691. The van der Waals surface area contributed by atoms with E-state index in [1.807, 2.05) is 0 Å². The Morgan fingerprint density at radius 3 is 2.88 bits per heavy atom. The molecule has 0 saturated heterocycles. The van der Waals surface area contributed by atoms with Gasteiger partial charge in [0.25, 0.3) is 0 Å². The zero-order valence-electron chi connectivity index (χ0n) is 7.80. The van der Waals surface area contributed by atoms with Gasteiger partial charge >= 0.3 is 0 Å². The van der Waals surface area contributed by atoms with Crippen LogP contribution in [0.4, 0.5) is 0 Å². The van der Waals surface area contributed by atoms with Crippen LogP contribution in [0.15, 0.2) is 12.2 Å². The molecule has 8 heavy (non-hydrogen) atoms. The van der Waals surface area contributed by atoms with E-state index in [2.05, 4.69) is 12.2 Å². The molecule has 1 saturated carbocycles. The number of fused-ring (bicyclic) bond motifs is 2. The lowest BCUT2D eigenvalue weighted by atomic mass is 10.1. The van der Waals surface area contributed by atoms with Crippen molar-refractivity contribution in [2.75, 3.05) is 0 Å². The van der Waals surface area contributed by atoms with Crippen LogP contribution >= 0.6 is 0 Å². The van der Waals surface area contributed by atoms with E-state index in [-0.39, 0.29) is 5.54 Å². The van der Waals surface area contributed by atoms with E-state index in [9.17, 15) is 0 Å². The summed E-state index contributed by atoms with van der Waals surface area (Å²) >= 11 is 0. The van der Waals surface area contributed by atoms with Crippen molar-refractivity contribution in [1.82, 2.24) is 0 Å². The zero-order valence-corrected chi connectivity index (χ0v) is 5.80. The summed E-state index contributed by atoms with van der Waals surface area (Å²) in [6, 6.07) is 0. The van der Waals surface area contributed by atoms with Gasteiger partial charge in [-0.3, -0.25) is 0 Å². The van der Waals surface area contributed by atoms with Crippen molar-refractivity contribution in [2.45, 2.75) is 18.4 Å². The molecule has 2 bridgehead atoms. The van der Waals surface area contributed by atoms with Crippen LogP contribution in [-0.2, 0) is 0 Å². The molecular weight excluding hydrogens is 112 g/mol. The second-order valence-corrected chi connectivity index (χ2v) is 3.63. The minimum absolute atomic E-state index is 0.0949. The smallest absolute Gasteiger partial charge is 0.00759 e. The normalized spacial score (nSPS) is 58.0. The first kappa shape index (κ1) is 2.69. The summed E-state index contributed by atoms with van der Waals surface area (Å²) in [7, 11) is -3.08. The first-order valence-corrected chi connectivity index (χ1v) is 3.83. The Hall–Kier alpha value is -0.0431. The second-order valence-electron chi connectivity index (χ2n) is 2.89. The average Bonchev–Trinajstić information content (AvgIpc) is 2.42. The standard InChI is InChI=1S/C7H12Si/c8-7-4-5-1-2-6(7)3-5/h1-2,5-7H,3-4H2,8H3/i8T3. The zero-order chi connectivity index (χ0) is 8.06. The molecular formula is C7H12Si. The van der Waals surface area contributed by atoms with E-state index < -0.39 is 10.0 Å². The molecule has 3 unspecified atom stereocenters. The maximum Gasteiger partial charge on any atom is 0.00759 e. The summed E-state index contributed by atoms with van der Waals surface area (Å²) in [5, 5.41) is 0. The van der Waals surface area contributed by atoms with E-state index in [4.69, 9.17) is 3.70 Å². The molecule has 0 aromatic heterocycles. The highest BCUT2D eigenvalue weighted by atomic mass is 28.1. The third-order valence-electron chi connectivity index (χ3n) is 2.28. The minimum Gasteiger partial charge on any atom is -0.0852 e. The van der Waals surface area contributed by atoms with Gasteiger partial charge < -0.3 is 0 Å². The Labute approximate surface area is 57.1 Å². The van der Waals surface area contributed by atoms with Gasteiger partial charge in [-0.05, 0) is 30.2 Å². The van der Waals surface area contributed by atoms with Gasteiger partial charge in [0, 0.05) is 13.7 Å². The molecule has 0 aromatic carbocycles. The van der Waals surface area contributed by atoms with E-state index in [1.54, 1.807) is 0 Å². The lowest BCUT2D eigenvalue weighted by Gasteiger charge is -2.09. The summed E-state index contributed by atoms with van der Waals surface area (Å²) in [4.78, 5) is 0. The Morgan fingerprint density at radius 2 is 2.50 bits per heavy atom. The molecule has 1 heteroatoms. The third kappa shape index (κ3) is 0.509. The Balaban J connectivity index is 2.15. The molecule has 0 amide bonds. The molecule has 0 heterocycles. The van der Waals surface area contributed by atoms with Crippen LogP contribution in [0.3, 0.4) is 0 Å². The monoisotopic (exact) mass is 130 g/mol. The molecule has 0 nitrogen and oxygen atoms in total. The number of allylic oxidation sites excluding steroid dienone is 2. The molecule has 2 aliphatic rings. The van der Waals surface area contributed by atoms with Gasteiger partial charge in [-0.25, -0.2) is 0 Å². The largest absolute Gasteiger partial charge is 0.0852 e. The van der Waals surface area contributed by atoms with E-state index in [0.717, 1.165) is 12.8 Å². The summed E-state index contributed by atoms with van der Waals surface area (Å²) in [5.41, 5.74) is 0.0949. The topological polar surface area (TPSA) is 0 Å². The fraction of sp³-hybridized carbons (Fsp3) is 0.714. The summed E-state index contributed by atoms with van der Waals surface area (Å²) in [6.07, 6.45) is 6.39. The van der Waals surface area contributed by atoms with Crippen molar-refractivity contribution >= 4 is 10.0 Å². The maximum atomic E-state index is 7.42. The fourth-order valence-electron chi connectivity index (χ4n) is 1.78. The molecule has 2 aliphatic carbocycles. The predicted octanol–water partition coefficient (Wildman–Crippen LogP) is 0.736. The Kier molecular flexibility index (Phi) is 0.495. The number of hydrogen-bond donors (Lipinski definition) is 0. The van der Waals surface area contributed by atoms with E-state index >= 15 is 0 Å². The van der Waals surface area contributed by atoms with Crippen LogP contribution in [0.1, 0.15) is 12.8 Å². The molecule has 0 N–H and O–H groups in total. The second kappa shape index (κ2) is 1.47. The number of rotatable bonds is 1. The molecule has 0 spiro atoms. The SMILES string of the molecule is [3H][Si]([3H])([3H])C1CC2C=CC1C2. The molecule has 3 atom stereocenters. The predicted molar refractivity (Wildman–Crippen MR) is 39.0 cm³/mol. The fourth-order valence-corrected chi connectivity index (χ4v) is 2.33. The van der Waals surface area contributed by atoms with Crippen molar-refractivity contribution in [3.05, 3.63) is 12.2 Å². The minimum atomic E-state index is -3.08. The van der Waals surface area contributed by atoms with Gasteiger partial charge in [-0.2, -0.15) is 0 Å². The van der Waals surface area contributed by atoms with Gasteiger partial charge in [-0.1, -0.05) is 12.2 Å². The highest BCUT2D eigenvalue weighted by Gasteiger charge is 2.31. The van der Waals surface area contributed by atoms with Crippen molar-refractivity contribution in [3.8, 4) is 0 Å². The van der Waals surface area contributed by atoms with E-state index in [1.165, 1.54) is 0 Å². The van der Waals surface area contributed by atoms with Gasteiger partial charge in [0.1, 0.15) is 0 Å². The first-order valence-electron chi connectivity index (χ1n) is 4.76. The first-order chi connectivity index (χ1) is 5.07. The van der Waals surface area contributed by atoms with Gasteiger partial charge in [0.05, 0.1) is 0 Å². The van der Waals surface area contributed by atoms with Crippen LogP contribution in [-0.4, -0.2) is 13.7 Å². The molecule has 0 aromatic rings. The highest BCUT2D eigenvalue weighted by molar-refractivity contribution is 6.12. The maximum absolute atomic E-state index is 7.42. The highest BCUT2D eigenvalue weighted by Crippen LogP contribution is 2.45. The van der Waals surface area contributed by atoms with Crippen LogP contribution in [0, 0.1) is 11.8 Å². The Morgan fingerprint density at radius 1 is 1.50 bits per heavy atom. The van der Waals surface area contributed by atoms with Crippen LogP contribution in [0.25, 0.3) is 0 Å². The van der Waals surface area contributed by atoms with Crippen LogP contribution in [0.5, 0.6) is 0 Å². The Bertz CT molecular complexity index is 196. The van der Waals surface area contributed by atoms with Crippen molar-refractivity contribution in [2.24, 2.45) is 11.8 Å². The van der Waals surface area contributed by atoms with E-state index in [0.29, 0.717) is 11.8 Å². The van der Waals surface area contributed by atoms with Crippen LogP contribution in [0.2, 0.25) is 5.54 Å². The molecule has 1 fully saturated rings. The summed E-state index contributed by atoms with van der Waals surface area (Å²) in [6.45, 7) is 0. The van der Waals surface area contributed by atoms with Crippen molar-refractivity contribution in [3.63, 3.8) is 0 Å². The van der Waals surface area contributed by atoms with Gasteiger partial charge in [0.15, 0.2) is 0 Å².